The molecule has 0 unspecified atom stereocenters. The molecule has 0 atom stereocenters. The Hall–Kier alpha value is -1.58. The molecule has 0 saturated heterocycles. The van der Waals surface area contributed by atoms with Gasteiger partial charge >= 0.3 is 0 Å². The third-order valence-electron chi connectivity index (χ3n) is 3.70. The predicted molar refractivity (Wildman–Crippen MR) is 111 cm³/mol. The molecule has 3 aromatic rings. The van der Waals surface area contributed by atoms with Crippen LogP contribution in [0, 0.1) is 0 Å². The molecule has 0 aliphatic heterocycles. The van der Waals surface area contributed by atoms with E-state index in [0.717, 1.165) is 22.6 Å². The van der Waals surface area contributed by atoms with Crippen molar-refractivity contribution in [3.05, 3.63) is 91.9 Å². The molecule has 3 aromatic carbocycles. The molecule has 26 heavy (non-hydrogen) atoms. The number of anilines is 1. The Morgan fingerprint density at radius 1 is 0.769 bits per heavy atom. The standard InChI is InChI=1S/C20H15Cl4NO/c21-15-8-16(22)10-17(9-15)25-11-14-3-1-2-4-20(14)26-12-13-5-6-18(23)19(24)7-13/h1-10,25H,11-12H2. The highest BCUT2D eigenvalue weighted by atomic mass is 35.5. The first kappa shape index (κ1) is 19.2. The first-order valence-corrected chi connectivity index (χ1v) is 9.37. The van der Waals surface area contributed by atoms with E-state index in [2.05, 4.69) is 5.32 Å². The summed E-state index contributed by atoms with van der Waals surface area (Å²) in [6, 6.07) is 18.6. The molecular formula is C20H15Cl4NO. The largest absolute Gasteiger partial charge is 0.489 e. The van der Waals surface area contributed by atoms with Crippen molar-refractivity contribution in [2.75, 3.05) is 5.32 Å². The van der Waals surface area contributed by atoms with E-state index in [1.165, 1.54) is 0 Å². The van der Waals surface area contributed by atoms with Crippen LogP contribution in [0.3, 0.4) is 0 Å². The van der Waals surface area contributed by atoms with Gasteiger partial charge in [-0.25, -0.2) is 0 Å². The molecule has 0 fully saturated rings. The quantitative estimate of drug-likeness (QED) is 0.440. The average Bonchev–Trinajstić information content (AvgIpc) is 2.61. The second-order valence-corrected chi connectivity index (χ2v) is 7.34. The van der Waals surface area contributed by atoms with Gasteiger partial charge in [-0.3, -0.25) is 0 Å². The smallest absolute Gasteiger partial charge is 0.124 e. The van der Waals surface area contributed by atoms with E-state index in [1.54, 1.807) is 18.2 Å². The van der Waals surface area contributed by atoms with Crippen LogP contribution in [0.1, 0.15) is 11.1 Å². The van der Waals surface area contributed by atoms with Gasteiger partial charge in [0.25, 0.3) is 0 Å². The lowest BCUT2D eigenvalue weighted by Gasteiger charge is -2.13. The fourth-order valence-electron chi connectivity index (χ4n) is 2.43. The van der Waals surface area contributed by atoms with E-state index in [4.69, 9.17) is 51.1 Å². The molecule has 2 nitrogen and oxygen atoms in total. The summed E-state index contributed by atoms with van der Waals surface area (Å²) < 4.78 is 5.96. The number of rotatable bonds is 6. The highest BCUT2D eigenvalue weighted by Gasteiger charge is 2.06. The average molecular weight is 427 g/mol. The van der Waals surface area contributed by atoms with Gasteiger partial charge in [0, 0.05) is 27.8 Å². The van der Waals surface area contributed by atoms with Crippen LogP contribution in [0.15, 0.2) is 60.7 Å². The Morgan fingerprint density at radius 3 is 2.23 bits per heavy atom. The summed E-state index contributed by atoms with van der Waals surface area (Å²) in [7, 11) is 0. The zero-order valence-corrected chi connectivity index (χ0v) is 16.6. The van der Waals surface area contributed by atoms with Crippen LogP contribution < -0.4 is 10.1 Å². The number of hydrogen-bond donors (Lipinski definition) is 1. The van der Waals surface area contributed by atoms with Crippen molar-refractivity contribution in [1.82, 2.24) is 0 Å². The molecule has 0 radical (unpaired) electrons. The van der Waals surface area contributed by atoms with Crippen molar-refractivity contribution in [1.29, 1.82) is 0 Å². The van der Waals surface area contributed by atoms with E-state index in [9.17, 15) is 0 Å². The van der Waals surface area contributed by atoms with E-state index < -0.39 is 0 Å². The van der Waals surface area contributed by atoms with Gasteiger partial charge in [0.15, 0.2) is 0 Å². The van der Waals surface area contributed by atoms with E-state index >= 15 is 0 Å². The minimum atomic E-state index is 0.400. The fraction of sp³-hybridized carbons (Fsp3) is 0.100. The number of ether oxygens (including phenoxy) is 1. The van der Waals surface area contributed by atoms with Crippen molar-refractivity contribution < 1.29 is 4.74 Å². The van der Waals surface area contributed by atoms with Gasteiger partial charge in [0.05, 0.1) is 10.0 Å². The predicted octanol–water partition coefficient (Wildman–Crippen LogP) is 7.49. The zero-order chi connectivity index (χ0) is 18.5. The van der Waals surface area contributed by atoms with E-state index in [0.29, 0.717) is 33.2 Å². The fourth-order valence-corrected chi connectivity index (χ4v) is 3.28. The highest BCUT2D eigenvalue weighted by Crippen LogP contribution is 2.26. The van der Waals surface area contributed by atoms with Gasteiger partial charge < -0.3 is 10.1 Å². The van der Waals surface area contributed by atoms with Crippen LogP contribution in [-0.4, -0.2) is 0 Å². The lowest BCUT2D eigenvalue weighted by atomic mass is 10.2. The van der Waals surface area contributed by atoms with Crippen LogP contribution in [-0.2, 0) is 13.2 Å². The van der Waals surface area contributed by atoms with E-state index in [1.807, 2.05) is 42.5 Å². The molecule has 134 valence electrons. The van der Waals surface area contributed by atoms with Gasteiger partial charge in [-0.1, -0.05) is 70.7 Å². The molecule has 0 aromatic heterocycles. The first-order valence-electron chi connectivity index (χ1n) is 7.86. The molecule has 0 spiro atoms. The summed E-state index contributed by atoms with van der Waals surface area (Å²) in [5.41, 5.74) is 2.81. The second-order valence-electron chi connectivity index (χ2n) is 5.66. The molecule has 3 rings (SSSR count). The SMILES string of the molecule is Clc1cc(Cl)cc(NCc2ccccc2OCc2ccc(Cl)c(Cl)c2)c1. The summed E-state index contributed by atoms with van der Waals surface area (Å²) in [5, 5.41) is 5.53. The lowest BCUT2D eigenvalue weighted by Crippen LogP contribution is -2.03. The first-order chi connectivity index (χ1) is 12.5. The number of para-hydroxylation sites is 1. The normalized spacial score (nSPS) is 10.6. The van der Waals surface area contributed by atoms with Gasteiger partial charge in [-0.15, -0.1) is 0 Å². The van der Waals surface area contributed by atoms with Crippen LogP contribution in [0.5, 0.6) is 5.75 Å². The molecule has 0 aliphatic rings. The molecule has 1 N–H and O–H groups in total. The third-order valence-corrected chi connectivity index (χ3v) is 4.87. The monoisotopic (exact) mass is 425 g/mol. The highest BCUT2D eigenvalue weighted by molar-refractivity contribution is 6.42. The van der Waals surface area contributed by atoms with Crippen LogP contribution in [0.4, 0.5) is 5.69 Å². The topological polar surface area (TPSA) is 21.3 Å². The molecule has 0 amide bonds. The number of halogens is 4. The summed E-state index contributed by atoms with van der Waals surface area (Å²) >= 11 is 24.1. The van der Waals surface area contributed by atoms with Crippen LogP contribution in [0.25, 0.3) is 0 Å². The van der Waals surface area contributed by atoms with Crippen molar-refractivity contribution in [3.8, 4) is 5.75 Å². The molecule has 0 aliphatic carbocycles. The van der Waals surface area contributed by atoms with Gasteiger partial charge in [-0.05, 0) is 42.0 Å². The Labute approximate surface area is 172 Å². The molecule has 0 saturated carbocycles. The summed E-state index contributed by atoms with van der Waals surface area (Å²) in [4.78, 5) is 0. The van der Waals surface area contributed by atoms with Crippen LogP contribution in [0.2, 0.25) is 20.1 Å². The molecule has 6 heteroatoms. The second kappa shape index (κ2) is 8.88. The van der Waals surface area contributed by atoms with Crippen molar-refractivity contribution in [3.63, 3.8) is 0 Å². The zero-order valence-electron chi connectivity index (χ0n) is 13.6. The minimum absolute atomic E-state index is 0.400. The Kier molecular flexibility index (Phi) is 6.55. The van der Waals surface area contributed by atoms with Gasteiger partial charge in [0.1, 0.15) is 12.4 Å². The minimum Gasteiger partial charge on any atom is -0.489 e. The Bertz CT molecular complexity index is 894. The van der Waals surface area contributed by atoms with Crippen LogP contribution >= 0.6 is 46.4 Å². The summed E-state index contributed by atoms with van der Waals surface area (Å²) in [6.45, 7) is 0.977. The van der Waals surface area contributed by atoms with Crippen molar-refractivity contribution in [2.24, 2.45) is 0 Å². The maximum atomic E-state index is 6.05. The van der Waals surface area contributed by atoms with Crippen molar-refractivity contribution in [2.45, 2.75) is 13.2 Å². The maximum absolute atomic E-state index is 6.05. The molecule has 0 bridgehead atoms. The number of benzene rings is 3. The van der Waals surface area contributed by atoms with Gasteiger partial charge in [0.2, 0.25) is 0 Å². The summed E-state index contributed by atoms with van der Waals surface area (Å²) in [6.07, 6.45) is 0. The number of hydrogen-bond acceptors (Lipinski definition) is 2. The lowest BCUT2D eigenvalue weighted by molar-refractivity contribution is 0.303. The van der Waals surface area contributed by atoms with E-state index in [-0.39, 0.29) is 0 Å². The molecular weight excluding hydrogens is 412 g/mol. The summed E-state index contributed by atoms with van der Waals surface area (Å²) in [5.74, 6) is 0.791. The van der Waals surface area contributed by atoms with Gasteiger partial charge in [-0.2, -0.15) is 0 Å². The maximum Gasteiger partial charge on any atom is 0.124 e. The molecule has 0 heterocycles. The van der Waals surface area contributed by atoms with Crippen molar-refractivity contribution >= 4 is 52.1 Å². The third kappa shape index (κ3) is 5.21. The number of nitrogens with one attached hydrogen (secondary N) is 1. The Balaban J connectivity index is 1.68. The Morgan fingerprint density at radius 2 is 1.50 bits per heavy atom.